The molecule has 214 valence electrons. The summed E-state index contributed by atoms with van der Waals surface area (Å²) < 4.78 is 45.0. The van der Waals surface area contributed by atoms with Crippen molar-refractivity contribution in [3.8, 4) is 17.2 Å². The minimum Gasteiger partial charge on any atom is -0.493 e. The molecule has 0 saturated heterocycles. The van der Waals surface area contributed by atoms with E-state index in [0.29, 0.717) is 22.9 Å². The van der Waals surface area contributed by atoms with Crippen LogP contribution in [0.3, 0.4) is 0 Å². The molecule has 0 fully saturated rings. The molecule has 0 spiro atoms. The van der Waals surface area contributed by atoms with Crippen LogP contribution in [0, 0.1) is 6.92 Å². The van der Waals surface area contributed by atoms with E-state index < -0.39 is 10.0 Å². The highest BCUT2D eigenvalue weighted by Gasteiger charge is 2.25. The van der Waals surface area contributed by atoms with Crippen LogP contribution in [0.15, 0.2) is 102 Å². The number of ether oxygens (including phenoxy) is 3. The highest BCUT2D eigenvalue weighted by molar-refractivity contribution is 7.92. The Hall–Kier alpha value is -4.50. The first kappa shape index (κ1) is 29.5. The standard InChI is InChI=1S/C32H34N2O6S/c1-23-10-17-29(18-11-23)41(36,37)34(21-25-8-6-5-7-9-25)27-13-15-28(16-14-27)40-22-32(35)33-24(2)26-12-19-30(38-3)31(20-26)39-4/h5-20,24H,21-22H2,1-4H3,(H,33,35)/t24-/m1/s1. The van der Waals surface area contributed by atoms with Crippen LogP contribution in [-0.4, -0.2) is 35.2 Å². The van der Waals surface area contributed by atoms with Crippen LogP contribution in [0.5, 0.6) is 17.2 Å². The Balaban J connectivity index is 1.45. The van der Waals surface area contributed by atoms with Gasteiger partial charge in [-0.1, -0.05) is 54.1 Å². The number of anilines is 1. The summed E-state index contributed by atoms with van der Waals surface area (Å²) in [7, 11) is -0.721. The largest absolute Gasteiger partial charge is 0.493 e. The van der Waals surface area contributed by atoms with Gasteiger partial charge in [0.05, 0.1) is 37.4 Å². The molecular weight excluding hydrogens is 540 g/mol. The topological polar surface area (TPSA) is 94.2 Å². The SMILES string of the molecule is COc1ccc([C@@H](C)NC(=O)COc2ccc(N(Cc3ccccc3)S(=O)(=O)c3ccc(C)cc3)cc2)cc1OC. The van der Waals surface area contributed by atoms with E-state index in [1.54, 1.807) is 68.8 Å². The summed E-state index contributed by atoms with van der Waals surface area (Å²) in [5.74, 6) is 1.32. The molecule has 0 heterocycles. The minimum absolute atomic E-state index is 0.160. The van der Waals surface area contributed by atoms with E-state index in [9.17, 15) is 13.2 Å². The molecule has 8 nitrogen and oxygen atoms in total. The second-order valence-electron chi connectivity index (χ2n) is 9.50. The van der Waals surface area contributed by atoms with Crippen LogP contribution in [0.2, 0.25) is 0 Å². The van der Waals surface area contributed by atoms with Gasteiger partial charge in [-0.25, -0.2) is 8.42 Å². The highest BCUT2D eigenvalue weighted by Crippen LogP contribution is 2.30. The molecular formula is C32H34N2O6S. The van der Waals surface area contributed by atoms with Crippen LogP contribution >= 0.6 is 0 Å². The predicted octanol–water partition coefficient (Wildman–Crippen LogP) is 5.66. The van der Waals surface area contributed by atoms with Gasteiger partial charge in [-0.2, -0.15) is 0 Å². The first-order valence-corrected chi connectivity index (χ1v) is 14.5. The van der Waals surface area contributed by atoms with E-state index >= 15 is 0 Å². The lowest BCUT2D eigenvalue weighted by molar-refractivity contribution is -0.123. The summed E-state index contributed by atoms with van der Waals surface area (Å²) in [4.78, 5) is 12.8. The fourth-order valence-corrected chi connectivity index (χ4v) is 5.70. The van der Waals surface area contributed by atoms with E-state index in [0.717, 1.165) is 16.7 Å². The molecule has 0 unspecified atom stereocenters. The molecule has 1 N–H and O–H groups in total. The van der Waals surface area contributed by atoms with Crippen molar-refractivity contribution in [3.05, 3.63) is 114 Å². The Labute approximate surface area is 241 Å². The normalized spacial score (nSPS) is 11.8. The van der Waals surface area contributed by atoms with Gasteiger partial charge in [0.2, 0.25) is 0 Å². The number of hydrogen-bond acceptors (Lipinski definition) is 6. The number of nitrogens with one attached hydrogen (secondary N) is 1. The fraction of sp³-hybridized carbons (Fsp3) is 0.219. The molecule has 4 aromatic rings. The van der Waals surface area contributed by atoms with Crippen molar-refractivity contribution in [1.29, 1.82) is 0 Å². The zero-order valence-electron chi connectivity index (χ0n) is 23.5. The van der Waals surface area contributed by atoms with Crippen molar-refractivity contribution in [2.75, 3.05) is 25.1 Å². The van der Waals surface area contributed by atoms with Gasteiger partial charge in [0, 0.05) is 0 Å². The van der Waals surface area contributed by atoms with Crippen LogP contribution in [0.4, 0.5) is 5.69 Å². The summed E-state index contributed by atoms with van der Waals surface area (Å²) >= 11 is 0. The average molecular weight is 575 g/mol. The van der Waals surface area contributed by atoms with Crippen LogP contribution in [0.25, 0.3) is 0 Å². The molecule has 4 aromatic carbocycles. The molecule has 0 bridgehead atoms. The molecule has 9 heteroatoms. The number of aryl methyl sites for hydroxylation is 1. The average Bonchev–Trinajstić information content (AvgIpc) is 2.99. The van der Waals surface area contributed by atoms with Gasteiger partial charge in [0.1, 0.15) is 5.75 Å². The number of carbonyl (C=O) groups is 1. The molecule has 0 saturated carbocycles. The Bertz CT molecular complexity index is 1560. The van der Waals surface area contributed by atoms with Gasteiger partial charge in [-0.05, 0) is 73.5 Å². The third-order valence-corrected chi connectivity index (χ3v) is 8.35. The number of sulfonamides is 1. The predicted molar refractivity (Wildman–Crippen MR) is 159 cm³/mol. The molecule has 0 radical (unpaired) electrons. The number of nitrogens with zero attached hydrogens (tertiary/aromatic N) is 1. The van der Waals surface area contributed by atoms with Gasteiger partial charge >= 0.3 is 0 Å². The monoisotopic (exact) mass is 574 g/mol. The summed E-state index contributed by atoms with van der Waals surface area (Å²) in [5, 5.41) is 2.91. The van der Waals surface area contributed by atoms with Gasteiger partial charge in [-0.15, -0.1) is 0 Å². The summed E-state index contributed by atoms with van der Waals surface area (Å²) in [6.45, 7) is 3.73. The molecule has 1 atom stereocenters. The maximum absolute atomic E-state index is 13.7. The third-order valence-electron chi connectivity index (χ3n) is 6.56. The lowest BCUT2D eigenvalue weighted by atomic mass is 10.1. The maximum Gasteiger partial charge on any atom is 0.264 e. The summed E-state index contributed by atoms with van der Waals surface area (Å²) in [6.07, 6.45) is 0. The van der Waals surface area contributed by atoms with E-state index in [1.165, 1.54) is 4.31 Å². The summed E-state index contributed by atoms with van der Waals surface area (Å²) in [5.41, 5.74) is 3.16. The van der Waals surface area contributed by atoms with Gasteiger partial charge in [-0.3, -0.25) is 9.10 Å². The molecule has 4 rings (SSSR count). The minimum atomic E-state index is -3.85. The lowest BCUT2D eigenvalue weighted by Gasteiger charge is -2.25. The van der Waals surface area contributed by atoms with E-state index in [1.807, 2.05) is 56.3 Å². The zero-order chi connectivity index (χ0) is 29.4. The number of carbonyl (C=O) groups excluding carboxylic acids is 1. The van der Waals surface area contributed by atoms with Gasteiger partial charge in [0.15, 0.2) is 18.1 Å². The van der Waals surface area contributed by atoms with E-state index in [4.69, 9.17) is 14.2 Å². The van der Waals surface area contributed by atoms with Crippen molar-refractivity contribution in [2.45, 2.75) is 31.3 Å². The van der Waals surface area contributed by atoms with Crippen LogP contribution in [0.1, 0.15) is 29.7 Å². The molecule has 0 aromatic heterocycles. The van der Waals surface area contributed by atoms with Crippen molar-refractivity contribution in [3.63, 3.8) is 0 Å². The Morgan fingerprint density at radius 3 is 2.15 bits per heavy atom. The Morgan fingerprint density at radius 1 is 0.854 bits per heavy atom. The molecule has 0 aliphatic heterocycles. The maximum atomic E-state index is 13.7. The lowest BCUT2D eigenvalue weighted by Crippen LogP contribution is -2.31. The molecule has 41 heavy (non-hydrogen) atoms. The first-order chi connectivity index (χ1) is 19.7. The second kappa shape index (κ2) is 13.2. The number of rotatable bonds is 12. The molecule has 0 aliphatic rings. The highest BCUT2D eigenvalue weighted by atomic mass is 32.2. The molecule has 1 amide bonds. The third kappa shape index (κ3) is 7.37. The number of benzene rings is 4. The smallest absolute Gasteiger partial charge is 0.264 e. The zero-order valence-corrected chi connectivity index (χ0v) is 24.4. The Kier molecular flexibility index (Phi) is 9.52. The van der Waals surface area contributed by atoms with Crippen molar-refractivity contribution in [1.82, 2.24) is 5.32 Å². The number of methoxy groups -OCH3 is 2. The second-order valence-corrected chi connectivity index (χ2v) is 11.4. The number of hydrogen-bond donors (Lipinski definition) is 1. The molecule has 0 aliphatic carbocycles. The first-order valence-electron chi connectivity index (χ1n) is 13.1. The quantitative estimate of drug-likeness (QED) is 0.235. The van der Waals surface area contributed by atoms with Gasteiger partial charge in [0.25, 0.3) is 15.9 Å². The van der Waals surface area contributed by atoms with Crippen molar-refractivity contribution in [2.24, 2.45) is 0 Å². The number of amides is 1. The van der Waals surface area contributed by atoms with Crippen LogP contribution < -0.4 is 23.8 Å². The Morgan fingerprint density at radius 2 is 1.51 bits per heavy atom. The van der Waals surface area contributed by atoms with Crippen LogP contribution in [-0.2, 0) is 21.4 Å². The van der Waals surface area contributed by atoms with Crippen molar-refractivity contribution >= 4 is 21.6 Å². The van der Waals surface area contributed by atoms with E-state index in [2.05, 4.69) is 5.32 Å². The van der Waals surface area contributed by atoms with Gasteiger partial charge < -0.3 is 19.5 Å². The fourth-order valence-electron chi connectivity index (χ4n) is 4.25. The summed E-state index contributed by atoms with van der Waals surface area (Å²) in [6, 6.07) is 28.0. The van der Waals surface area contributed by atoms with E-state index in [-0.39, 0.29) is 30.0 Å². The van der Waals surface area contributed by atoms with Crippen molar-refractivity contribution < 1.29 is 27.4 Å².